The highest BCUT2D eigenvalue weighted by Crippen LogP contribution is 2.26. The van der Waals surface area contributed by atoms with Crippen LogP contribution in [0.2, 0.25) is 0 Å². The van der Waals surface area contributed by atoms with Crippen molar-refractivity contribution >= 4 is 11.6 Å². The number of benzene rings is 1. The molecule has 1 saturated heterocycles. The first-order valence-corrected chi connectivity index (χ1v) is 8.58. The zero-order chi connectivity index (χ0) is 17.0. The third kappa shape index (κ3) is 4.71. The van der Waals surface area contributed by atoms with E-state index in [2.05, 4.69) is 53.5 Å². The molecule has 1 aliphatic heterocycles. The fraction of sp³-hybridized carbons (Fsp3) is 0.632. The minimum Gasteiger partial charge on any atom is -0.378 e. The van der Waals surface area contributed by atoms with Gasteiger partial charge in [-0.25, -0.2) is 0 Å². The summed E-state index contributed by atoms with van der Waals surface area (Å²) in [6.07, 6.45) is 2.50. The molecule has 1 fully saturated rings. The second kappa shape index (κ2) is 7.35. The summed E-state index contributed by atoms with van der Waals surface area (Å²) in [6.45, 7) is 8.78. The van der Waals surface area contributed by atoms with E-state index in [9.17, 15) is 4.79 Å². The summed E-state index contributed by atoms with van der Waals surface area (Å²) >= 11 is 0. The lowest BCUT2D eigenvalue weighted by Gasteiger charge is -2.30. The Kier molecular flexibility index (Phi) is 5.69. The zero-order valence-electron chi connectivity index (χ0n) is 15.2. The quantitative estimate of drug-likeness (QED) is 0.906. The van der Waals surface area contributed by atoms with Crippen molar-refractivity contribution in [2.75, 3.05) is 38.6 Å². The van der Waals surface area contributed by atoms with Gasteiger partial charge in [0.1, 0.15) is 0 Å². The molecule has 1 aromatic rings. The van der Waals surface area contributed by atoms with Crippen LogP contribution in [-0.4, -0.2) is 44.5 Å². The summed E-state index contributed by atoms with van der Waals surface area (Å²) in [4.78, 5) is 16.8. The molecule has 23 heavy (non-hydrogen) atoms. The first-order chi connectivity index (χ1) is 10.8. The van der Waals surface area contributed by atoms with Crippen molar-refractivity contribution < 1.29 is 4.79 Å². The van der Waals surface area contributed by atoms with E-state index in [0.717, 1.165) is 13.1 Å². The highest BCUT2D eigenvalue weighted by molar-refractivity contribution is 5.81. The maximum atomic E-state index is 12.2. The molecule has 128 valence electrons. The Bertz CT molecular complexity index is 510. The van der Waals surface area contributed by atoms with Crippen molar-refractivity contribution in [3.63, 3.8) is 0 Å². The van der Waals surface area contributed by atoms with Crippen LogP contribution in [0.5, 0.6) is 0 Å². The molecule has 4 heteroatoms. The Morgan fingerprint density at radius 3 is 2.22 bits per heavy atom. The molecule has 0 spiro atoms. The van der Waals surface area contributed by atoms with E-state index >= 15 is 0 Å². The molecule has 1 unspecified atom stereocenters. The fourth-order valence-corrected chi connectivity index (χ4v) is 2.96. The first-order valence-electron chi connectivity index (χ1n) is 8.58. The number of anilines is 1. The normalized spacial score (nSPS) is 17.1. The van der Waals surface area contributed by atoms with Crippen molar-refractivity contribution in [1.82, 2.24) is 10.2 Å². The highest BCUT2D eigenvalue weighted by Gasteiger charge is 2.26. The van der Waals surface area contributed by atoms with Gasteiger partial charge in [0.25, 0.3) is 0 Å². The Hall–Kier alpha value is -1.55. The summed E-state index contributed by atoms with van der Waals surface area (Å²) in [5.74, 6) is 0.117. The number of carbonyl (C=O) groups is 1. The molecule has 0 bridgehead atoms. The molecule has 0 saturated carbocycles. The van der Waals surface area contributed by atoms with Gasteiger partial charge in [0.05, 0.1) is 6.04 Å². The predicted molar refractivity (Wildman–Crippen MR) is 96.8 cm³/mol. The van der Waals surface area contributed by atoms with E-state index < -0.39 is 0 Å². The average Bonchev–Trinajstić information content (AvgIpc) is 3.01. The third-order valence-corrected chi connectivity index (χ3v) is 4.51. The monoisotopic (exact) mass is 317 g/mol. The van der Waals surface area contributed by atoms with Gasteiger partial charge < -0.3 is 10.2 Å². The smallest absolute Gasteiger partial charge is 0.225 e. The first kappa shape index (κ1) is 17.8. The summed E-state index contributed by atoms with van der Waals surface area (Å²) in [6, 6.07) is 8.97. The lowest BCUT2D eigenvalue weighted by atomic mass is 9.95. The van der Waals surface area contributed by atoms with E-state index in [1.165, 1.54) is 24.1 Å². The topological polar surface area (TPSA) is 35.6 Å². The molecule has 1 heterocycles. The maximum Gasteiger partial charge on any atom is 0.225 e. The van der Waals surface area contributed by atoms with Crippen LogP contribution < -0.4 is 10.2 Å². The van der Waals surface area contributed by atoms with Crippen LogP contribution in [-0.2, 0) is 4.79 Å². The fourth-order valence-electron chi connectivity index (χ4n) is 2.96. The Balaban J connectivity index is 2.12. The van der Waals surface area contributed by atoms with Crippen molar-refractivity contribution in [3.8, 4) is 0 Å². The van der Waals surface area contributed by atoms with Crippen LogP contribution in [0.3, 0.4) is 0 Å². The number of rotatable bonds is 5. The average molecular weight is 317 g/mol. The van der Waals surface area contributed by atoms with Gasteiger partial charge in [-0.05, 0) is 43.6 Å². The van der Waals surface area contributed by atoms with Gasteiger partial charge in [-0.15, -0.1) is 0 Å². The molecule has 2 rings (SSSR count). The summed E-state index contributed by atoms with van der Waals surface area (Å²) < 4.78 is 0. The van der Waals surface area contributed by atoms with E-state index in [0.29, 0.717) is 6.54 Å². The Morgan fingerprint density at radius 1 is 1.17 bits per heavy atom. The third-order valence-electron chi connectivity index (χ3n) is 4.51. The molecule has 0 aromatic heterocycles. The van der Waals surface area contributed by atoms with E-state index in [4.69, 9.17) is 0 Å². The molecule has 4 nitrogen and oxygen atoms in total. The predicted octanol–water partition coefficient (Wildman–Crippen LogP) is 3.05. The molecule has 1 aliphatic rings. The summed E-state index contributed by atoms with van der Waals surface area (Å²) in [7, 11) is 4.10. The number of nitrogens with zero attached hydrogens (tertiary/aromatic N) is 2. The van der Waals surface area contributed by atoms with Crippen molar-refractivity contribution in [2.45, 2.75) is 39.7 Å². The van der Waals surface area contributed by atoms with Crippen molar-refractivity contribution in [1.29, 1.82) is 0 Å². The summed E-state index contributed by atoms with van der Waals surface area (Å²) in [5, 5.41) is 3.14. The minimum absolute atomic E-state index is 0.117. The SMILES string of the molecule is CN(C)c1ccc(C(CNC(=O)C(C)(C)C)N2CCCC2)cc1. The van der Waals surface area contributed by atoms with E-state index in [1.54, 1.807) is 0 Å². The van der Waals surface area contributed by atoms with Crippen LogP contribution >= 0.6 is 0 Å². The Labute approximate surface area is 140 Å². The molecule has 1 N–H and O–H groups in total. The van der Waals surface area contributed by atoms with Gasteiger partial charge in [0.15, 0.2) is 0 Å². The lowest BCUT2D eigenvalue weighted by Crippen LogP contribution is -2.41. The van der Waals surface area contributed by atoms with Crippen molar-refractivity contribution in [2.24, 2.45) is 5.41 Å². The molecule has 1 atom stereocenters. The number of hydrogen-bond acceptors (Lipinski definition) is 3. The number of likely N-dealkylation sites (tertiary alicyclic amines) is 1. The lowest BCUT2D eigenvalue weighted by molar-refractivity contribution is -0.128. The van der Waals surface area contributed by atoms with E-state index in [-0.39, 0.29) is 17.4 Å². The zero-order valence-corrected chi connectivity index (χ0v) is 15.2. The van der Waals surface area contributed by atoms with Crippen molar-refractivity contribution in [3.05, 3.63) is 29.8 Å². The number of amides is 1. The summed E-state index contributed by atoms with van der Waals surface area (Å²) in [5.41, 5.74) is 2.14. The van der Waals surface area contributed by atoms with Gasteiger partial charge in [-0.1, -0.05) is 32.9 Å². The largest absolute Gasteiger partial charge is 0.378 e. The Morgan fingerprint density at radius 2 is 1.74 bits per heavy atom. The molecule has 0 radical (unpaired) electrons. The van der Waals surface area contributed by atoms with Crippen LogP contribution in [0, 0.1) is 5.41 Å². The van der Waals surface area contributed by atoms with Gasteiger partial charge in [-0.2, -0.15) is 0 Å². The standard InChI is InChI=1S/C19H31N3O/c1-19(2,3)18(23)20-14-17(22-12-6-7-13-22)15-8-10-16(11-9-15)21(4)5/h8-11,17H,6-7,12-14H2,1-5H3,(H,20,23). The number of nitrogens with one attached hydrogen (secondary N) is 1. The van der Waals surface area contributed by atoms with Gasteiger partial charge in [0, 0.05) is 31.7 Å². The van der Waals surface area contributed by atoms with Gasteiger partial charge >= 0.3 is 0 Å². The van der Waals surface area contributed by atoms with Gasteiger partial charge in [0.2, 0.25) is 5.91 Å². The second-order valence-electron chi connectivity index (χ2n) is 7.70. The minimum atomic E-state index is -0.343. The van der Waals surface area contributed by atoms with Crippen LogP contribution in [0.15, 0.2) is 24.3 Å². The van der Waals surface area contributed by atoms with E-state index in [1.807, 2.05) is 20.8 Å². The van der Waals surface area contributed by atoms with Crippen LogP contribution in [0.25, 0.3) is 0 Å². The molecular formula is C19H31N3O. The van der Waals surface area contributed by atoms with Gasteiger partial charge in [-0.3, -0.25) is 9.69 Å². The number of hydrogen-bond donors (Lipinski definition) is 1. The molecule has 1 aromatic carbocycles. The highest BCUT2D eigenvalue weighted by atomic mass is 16.2. The maximum absolute atomic E-state index is 12.2. The molecule has 0 aliphatic carbocycles. The van der Waals surface area contributed by atoms with Crippen LogP contribution in [0.4, 0.5) is 5.69 Å². The molecule has 1 amide bonds. The second-order valence-corrected chi connectivity index (χ2v) is 7.70. The number of carbonyl (C=O) groups excluding carboxylic acids is 1. The van der Waals surface area contributed by atoms with Crippen LogP contribution in [0.1, 0.15) is 45.2 Å². The molecular weight excluding hydrogens is 286 g/mol.